The monoisotopic (exact) mass is 459 g/mol. The number of carbonyl (C=O) groups excluding carboxylic acids is 2. The Kier molecular flexibility index (Phi) is 7.18. The van der Waals surface area contributed by atoms with Crippen molar-refractivity contribution in [2.45, 2.75) is 20.8 Å². The van der Waals surface area contributed by atoms with E-state index in [4.69, 9.17) is 23.8 Å². The van der Waals surface area contributed by atoms with Crippen molar-refractivity contribution in [3.8, 4) is 0 Å². The molecule has 5 nitrogen and oxygen atoms in total. The molecule has 156 valence electrons. The highest BCUT2D eigenvalue weighted by molar-refractivity contribution is 8.26. The van der Waals surface area contributed by atoms with E-state index in [-0.39, 0.29) is 15.8 Å². The third kappa shape index (κ3) is 4.86. The fourth-order valence-corrected chi connectivity index (χ4v) is 4.55. The number of hydrogen-bond acceptors (Lipinski definition) is 5. The third-order valence-electron chi connectivity index (χ3n) is 4.70. The summed E-state index contributed by atoms with van der Waals surface area (Å²) < 4.78 is 0.266. The quantitative estimate of drug-likeness (QED) is 0.484. The van der Waals surface area contributed by atoms with Gasteiger partial charge in [-0.05, 0) is 74.5 Å². The summed E-state index contributed by atoms with van der Waals surface area (Å²) in [5.41, 5.74) is 5.81. The van der Waals surface area contributed by atoms with Crippen LogP contribution in [0, 0.1) is 6.92 Å². The Hall–Kier alpha value is -2.35. The smallest absolute Gasteiger partial charge is 0.285 e. The molecule has 8 heteroatoms. The topological polar surface area (TPSA) is 52.6 Å². The zero-order chi connectivity index (χ0) is 21.8. The highest BCUT2D eigenvalue weighted by Gasteiger charge is 2.34. The lowest BCUT2D eigenvalue weighted by Gasteiger charge is -2.20. The standard InChI is InChI=1S/C22H22ClN3O2S2/c1-4-25(5-2)16-9-7-15(8-10-16)13-19-21(28)26(22(29)30-19)24-20(27)17-11-6-14(3)12-18(17)23/h6-13H,4-5H2,1-3H3,(H,24,27)/b19-13+. The summed E-state index contributed by atoms with van der Waals surface area (Å²) in [7, 11) is 0. The fourth-order valence-electron chi connectivity index (χ4n) is 3.05. The lowest BCUT2D eigenvalue weighted by atomic mass is 10.1. The molecule has 0 aliphatic carbocycles. The number of nitrogens with one attached hydrogen (secondary N) is 1. The number of nitrogens with zero attached hydrogens (tertiary/aromatic N) is 2. The van der Waals surface area contributed by atoms with E-state index < -0.39 is 5.91 Å². The fraction of sp³-hybridized carbons (Fsp3) is 0.227. The first-order chi connectivity index (χ1) is 14.3. The van der Waals surface area contributed by atoms with Gasteiger partial charge >= 0.3 is 0 Å². The minimum atomic E-state index is -0.485. The van der Waals surface area contributed by atoms with Crippen molar-refractivity contribution in [2.24, 2.45) is 0 Å². The van der Waals surface area contributed by atoms with Gasteiger partial charge in [0.25, 0.3) is 11.8 Å². The number of thioether (sulfide) groups is 1. The van der Waals surface area contributed by atoms with Gasteiger partial charge in [-0.15, -0.1) is 0 Å². The molecule has 0 unspecified atom stereocenters. The first-order valence-corrected chi connectivity index (χ1v) is 11.1. The summed E-state index contributed by atoms with van der Waals surface area (Å²) in [6.07, 6.45) is 1.77. The van der Waals surface area contributed by atoms with Crippen molar-refractivity contribution in [3.63, 3.8) is 0 Å². The summed E-state index contributed by atoms with van der Waals surface area (Å²) in [5.74, 6) is -0.851. The summed E-state index contributed by atoms with van der Waals surface area (Å²) in [6.45, 7) is 7.97. The average Bonchev–Trinajstić information content (AvgIpc) is 2.97. The molecule has 2 aromatic rings. The molecule has 0 aromatic heterocycles. The largest absolute Gasteiger partial charge is 0.372 e. The lowest BCUT2D eigenvalue weighted by Crippen LogP contribution is -2.44. The number of hydrazine groups is 1. The molecule has 0 atom stereocenters. The molecule has 1 aliphatic heterocycles. The van der Waals surface area contributed by atoms with Crippen LogP contribution in [0.3, 0.4) is 0 Å². The second-order valence-corrected chi connectivity index (χ2v) is 8.79. The molecule has 2 aromatic carbocycles. The Bertz CT molecular complexity index is 1020. The summed E-state index contributed by atoms with van der Waals surface area (Å²) >= 11 is 12.6. The molecule has 3 rings (SSSR count). The Balaban J connectivity index is 1.75. The van der Waals surface area contributed by atoms with Crippen LogP contribution in [-0.2, 0) is 4.79 Å². The third-order valence-corrected chi connectivity index (χ3v) is 6.31. The predicted octanol–water partition coefficient (Wildman–Crippen LogP) is 5.04. The Morgan fingerprint density at radius 3 is 2.47 bits per heavy atom. The van der Waals surface area contributed by atoms with Gasteiger partial charge in [-0.25, -0.2) is 0 Å². The van der Waals surface area contributed by atoms with Crippen LogP contribution in [0.25, 0.3) is 6.08 Å². The number of thiocarbonyl (C=S) groups is 1. The zero-order valence-corrected chi connectivity index (χ0v) is 19.3. The van der Waals surface area contributed by atoms with E-state index in [1.54, 1.807) is 24.3 Å². The molecule has 2 amide bonds. The van der Waals surface area contributed by atoms with Crippen LogP contribution in [0.15, 0.2) is 47.4 Å². The van der Waals surface area contributed by atoms with Crippen LogP contribution in [0.2, 0.25) is 5.02 Å². The van der Waals surface area contributed by atoms with Crippen molar-refractivity contribution >= 4 is 63.5 Å². The first-order valence-electron chi connectivity index (χ1n) is 9.54. The number of halogens is 1. The van der Waals surface area contributed by atoms with Crippen molar-refractivity contribution < 1.29 is 9.59 Å². The molecule has 1 saturated heterocycles. The van der Waals surface area contributed by atoms with Gasteiger partial charge in [-0.1, -0.05) is 41.6 Å². The van der Waals surface area contributed by atoms with Crippen molar-refractivity contribution in [1.82, 2.24) is 10.4 Å². The van der Waals surface area contributed by atoms with Gasteiger partial charge in [-0.2, -0.15) is 5.01 Å². The Morgan fingerprint density at radius 2 is 1.87 bits per heavy atom. The maximum absolute atomic E-state index is 12.8. The van der Waals surface area contributed by atoms with Gasteiger partial charge < -0.3 is 4.90 Å². The predicted molar refractivity (Wildman–Crippen MR) is 129 cm³/mol. The van der Waals surface area contributed by atoms with Crippen molar-refractivity contribution in [2.75, 3.05) is 18.0 Å². The normalized spacial score (nSPS) is 15.1. The molecule has 1 aliphatic rings. The second-order valence-electron chi connectivity index (χ2n) is 6.71. The van der Waals surface area contributed by atoms with Crippen molar-refractivity contribution in [1.29, 1.82) is 0 Å². The van der Waals surface area contributed by atoms with E-state index in [2.05, 4.69) is 24.2 Å². The van der Waals surface area contributed by atoms with E-state index in [1.165, 1.54) is 0 Å². The lowest BCUT2D eigenvalue weighted by molar-refractivity contribution is -0.123. The molecular weight excluding hydrogens is 438 g/mol. The molecular formula is C22H22ClN3O2S2. The summed E-state index contributed by atoms with van der Waals surface area (Å²) in [6, 6.07) is 13.1. The molecule has 30 heavy (non-hydrogen) atoms. The number of anilines is 1. The minimum Gasteiger partial charge on any atom is -0.372 e. The van der Waals surface area contributed by atoms with E-state index >= 15 is 0 Å². The van der Waals surface area contributed by atoms with Crippen molar-refractivity contribution in [3.05, 3.63) is 69.1 Å². The molecule has 0 spiro atoms. The van der Waals surface area contributed by atoms with E-state index in [9.17, 15) is 9.59 Å². The SMILES string of the molecule is CCN(CC)c1ccc(/C=C2/SC(=S)N(NC(=O)c3ccc(C)cc3Cl)C2=O)cc1. The number of aryl methyl sites for hydroxylation is 1. The first kappa shape index (κ1) is 22.3. The maximum Gasteiger partial charge on any atom is 0.285 e. The van der Waals surface area contributed by atoms with Gasteiger partial charge in [0.15, 0.2) is 4.32 Å². The Labute approximate surface area is 191 Å². The summed E-state index contributed by atoms with van der Waals surface area (Å²) in [4.78, 5) is 28.0. The molecule has 1 heterocycles. The molecule has 0 bridgehead atoms. The highest BCUT2D eigenvalue weighted by atomic mass is 35.5. The van der Waals surface area contributed by atoms with Crippen LogP contribution in [0.1, 0.15) is 35.3 Å². The molecule has 1 fully saturated rings. The second kappa shape index (κ2) is 9.64. The minimum absolute atomic E-state index is 0.266. The number of amides is 2. The van der Waals surface area contributed by atoms with Gasteiger partial charge in [0.05, 0.1) is 15.5 Å². The number of hydrogen-bond donors (Lipinski definition) is 1. The van der Waals surface area contributed by atoms with Gasteiger partial charge in [0.1, 0.15) is 0 Å². The van der Waals surface area contributed by atoms with Crippen LogP contribution in [0.5, 0.6) is 0 Å². The van der Waals surface area contributed by atoms with Gasteiger partial charge in [-0.3, -0.25) is 15.0 Å². The van der Waals surface area contributed by atoms with Crippen LogP contribution < -0.4 is 10.3 Å². The number of benzene rings is 2. The molecule has 0 saturated carbocycles. The van der Waals surface area contributed by atoms with Crippen LogP contribution >= 0.6 is 35.6 Å². The Morgan fingerprint density at radius 1 is 1.20 bits per heavy atom. The summed E-state index contributed by atoms with van der Waals surface area (Å²) in [5, 5.41) is 1.41. The average molecular weight is 460 g/mol. The highest BCUT2D eigenvalue weighted by Crippen LogP contribution is 2.32. The maximum atomic E-state index is 12.8. The van der Waals surface area contributed by atoms with Crippen LogP contribution in [-0.4, -0.2) is 34.2 Å². The molecule has 1 N–H and O–H groups in total. The molecule has 0 radical (unpaired) electrons. The van der Waals surface area contributed by atoms with E-state index in [0.717, 1.165) is 46.7 Å². The number of carbonyl (C=O) groups is 2. The zero-order valence-electron chi connectivity index (χ0n) is 16.9. The van der Waals surface area contributed by atoms with E-state index in [0.29, 0.717) is 9.93 Å². The van der Waals surface area contributed by atoms with Gasteiger partial charge in [0.2, 0.25) is 0 Å². The van der Waals surface area contributed by atoms with Crippen LogP contribution in [0.4, 0.5) is 5.69 Å². The van der Waals surface area contributed by atoms with E-state index in [1.807, 2.05) is 31.2 Å². The van der Waals surface area contributed by atoms with Gasteiger partial charge in [0, 0.05) is 18.8 Å². The number of rotatable bonds is 6.